The lowest BCUT2D eigenvalue weighted by atomic mass is 9.87. The highest BCUT2D eigenvalue weighted by Gasteiger charge is 2.23. The standard InChI is InChI=1S/C21H27N3O2/c1-14(2)24(3)13-16-11-12-18(20(25)22-16)21(26)23-19-10-6-8-15-7-4-5-9-17(15)19/h4-5,7,9,11-12,14,19H,6,8,10,13H2,1-3H3,(H,22,25)(H,23,26). The van der Waals surface area contributed by atoms with Gasteiger partial charge >= 0.3 is 0 Å². The maximum Gasteiger partial charge on any atom is 0.261 e. The van der Waals surface area contributed by atoms with Gasteiger partial charge in [-0.25, -0.2) is 0 Å². The zero-order valence-electron chi connectivity index (χ0n) is 15.7. The first-order valence-electron chi connectivity index (χ1n) is 9.27. The number of hydrogen-bond donors (Lipinski definition) is 2. The Morgan fingerprint density at radius 1 is 1.27 bits per heavy atom. The number of nitrogens with zero attached hydrogens (tertiary/aromatic N) is 1. The van der Waals surface area contributed by atoms with Crippen molar-refractivity contribution in [1.29, 1.82) is 0 Å². The molecule has 0 spiro atoms. The van der Waals surface area contributed by atoms with Gasteiger partial charge in [-0.3, -0.25) is 14.5 Å². The molecule has 0 saturated carbocycles. The molecule has 2 aromatic rings. The molecule has 5 heteroatoms. The Hall–Kier alpha value is -2.40. The van der Waals surface area contributed by atoms with E-state index in [1.807, 2.05) is 25.2 Å². The number of nitrogens with one attached hydrogen (secondary N) is 2. The van der Waals surface area contributed by atoms with Gasteiger partial charge in [0.05, 0.1) is 6.04 Å². The number of rotatable bonds is 5. The highest BCUT2D eigenvalue weighted by molar-refractivity contribution is 5.94. The van der Waals surface area contributed by atoms with Crippen LogP contribution in [0.3, 0.4) is 0 Å². The van der Waals surface area contributed by atoms with Crippen LogP contribution < -0.4 is 10.9 Å². The van der Waals surface area contributed by atoms with E-state index in [4.69, 9.17) is 0 Å². The molecule has 0 saturated heterocycles. The van der Waals surface area contributed by atoms with Gasteiger partial charge in [-0.1, -0.05) is 24.3 Å². The maximum absolute atomic E-state index is 12.6. The van der Waals surface area contributed by atoms with Gasteiger partial charge in [0, 0.05) is 18.3 Å². The molecule has 1 aliphatic rings. The predicted molar refractivity (Wildman–Crippen MR) is 103 cm³/mol. The van der Waals surface area contributed by atoms with Gasteiger partial charge in [0.1, 0.15) is 5.56 Å². The van der Waals surface area contributed by atoms with Crippen molar-refractivity contribution in [1.82, 2.24) is 15.2 Å². The summed E-state index contributed by atoms with van der Waals surface area (Å²) in [4.78, 5) is 30.0. The van der Waals surface area contributed by atoms with E-state index in [0.717, 1.165) is 25.0 Å². The van der Waals surface area contributed by atoms with Crippen molar-refractivity contribution >= 4 is 5.91 Å². The van der Waals surface area contributed by atoms with Gasteiger partial charge < -0.3 is 10.3 Å². The molecule has 0 aliphatic heterocycles. The quantitative estimate of drug-likeness (QED) is 0.868. The monoisotopic (exact) mass is 353 g/mol. The number of benzene rings is 1. The minimum absolute atomic E-state index is 0.0291. The maximum atomic E-state index is 12.6. The molecule has 2 N–H and O–H groups in total. The molecule has 3 rings (SSSR count). The van der Waals surface area contributed by atoms with Crippen LogP contribution in [0.2, 0.25) is 0 Å². The van der Waals surface area contributed by atoms with Crippen LogP contribution in [0.15, 0.2) is 41.2 Å². The molecule has 0 bridgehead atoms. The van der Waals surface area contributed by atoms with Gasteiger partial charge in [-0.2, -0.15) is 0 Å². The summed E-state index contributed by atoms with van der Waals surface area (Å²) >= 11 is 0. The van der Waals surface area contributed by atoms with E-state index in [1.165, 1.54) is 11.1 Å². The second-order valence-corrected chi connectivity index (χ2v) is 7.35. The molecule has 1 aromatic carbocycles. The fourth-order valence-electron chi connectivity index (χ4n) is 3.38. The van der Waals surface area contributed by atoms with E-state index in [0.29, 0.717) is 12.6 Å². The Labute approximate surface area is 154 Å². The second-order valence-electron chi connectivity index (χ2n) is 7.35. The fraction of sp³-hybridized carbons (Fsp3) is 0.429. The number of carbonyl (C=O) groups is 1. The fourth-order valence-corrected chi connectivity index (χ4v) is 3.38. The summed E-state index contributed by atoms with van der Waals surface area (Å²) < 4.78 is 0. The average Bonchev–Trinajstić information content (AvgIpc) is 2.62. The van der Waals surface area contributed by atoms with E-state index in [1.54, 1.807) is 6.07 Å². The summed E-state index contributed by atoms with van der Waals surface area (Å²) in [6, 6.07) is 12.0. The molecule has 1 aliphatic carbocycles. The summed E-state index contributed by atoms with van der Waals surface area (Å²) in [5.74, 6) is -0.309. The van der Waals surface area contributed by atoms with Gasteiger partial charge in [-0.15, -0.1) is 0 Å². The first-order valence-corrected chi connectivity index (χ1v) is 9.27. The number of aryl methyl sites for hydroxylation is 1. The molecule has 0 radical (unpaired) electrons. The van der Waals surface area contributed by atoms with Crippen LogP contribution in [0.1, 0.15) is 59.9 Å². The van der Waals surface area contributed by atoms with Gasteiger partial charge in [0.15, 0.2) is 0 Å². The molecule has 1 amide bonds. The number of aromatic nitrogens is 1. The SMILES string of the molecule is CC(C)N(C)Cc1ccc(C(=O)NC2CCCc3ccccc32)c(=O)[nH]1. The number of hydrogen-bond acceptors (Lipinski definition) is 3. The van der Waals surface area contributed by atoms with Gasteiger partial charge in [0.25, 0.3) is 11.5 Å². The molecular formula is C21H27N3O2. The molecular weight excluding hydrogens is 326 g/mol. The van der Waals surface area contributed by atoms with Crippen LogP contribution in [-0.2, 0) is 13.0 Å². The highest BCUT2D eigenvalue weighted by Crippen LogP contribution is 2.29. The second kappa shape index (κ2) is 7.87. The van der Waals surface area contributed by atoms with Crippen LogP contribution in [0, 0.1) is 0 Å². The van der Waals surface area contributed by atoms with Crippen LogP contribution in [0.5, 0.6) is 0 Å². The Bertz CT molecular complexity index is 841. The summed E-state index contributed by atoms with van der Waals surface area (Å²) in [6.07, 6.45) is 2.98. The first kappa shape index (κ1) is 18.4. The minimum atomic E-state index is -0.332. The minimum Gasteiger partial charge on any atom is -0.345 e. The summed E-state index contributed by atoms with van der Waals surface area (Å²) in [6.45, 7) is 4.84. The van der Waals surface area contributed by atoms with Crippen molar-refractivity contribution in [3.63, 3.8) is 0 Å². The molecule has 1 unspecified atom stereocenters. The van der Waals surface area contributed by atoms with Crippen LogP contribution in [-0.4, -0.2) is 28.9 Å². The van der Waals surface area contributed by atoms with E-state index < -0.39 is 0 Å². The number of pyridine rings is 1. The highest BCUT2D eigenvalue weighted by atomic mass is 16.2. The number of amides is 1. The molecule has 138 valence electrons. The number of carbonyl (C=O) groups excluding carboxylic acids is 1. The lowest BCUT2D eigenvalue weighted by Crippen LogP contribution is -2.35. The summed E-state index contributed by atoms with van der Waals surface area (Å²) in [5.41, 5.74) is 3.10. The van der Waals surface area contributed by atoms with Crippen molar-refractivity contribution in [3.05, 3.63) is 69.1 Å². The number of H-pyrrole nitrogens is 1. The zero-order valence-corrected chi connectivity index (χ0v) is 15.7. The Morgan fingerprint density at radius 2 is 2.04 bits per heavy atom. The van der Waals surface area contributed by atoms with Gasteiger partial charge in [-0.05, 0) is 63.4 Å². The normalized spacial score (nSPS) is 16.6. The third-order valence-corrected chi connectivity index (χ3v) is 5.19. The van der Waals surface area contributed by atoms with E-state index >= 15 is 0 Å². The lowest BCUT2D eigenvalue weighted by molar-refractivity contribution is 0.0931. The Morgan fingerprint density at radius 3 is 2.77 bits per heavy atom. The third kappa shape index (κ3) is 4.05. The third-order valence-electron chi connectivity index (χ3n) is 5.19. The number of fused-ring (bicyclic) bond motifs is 1. The molecule has 1 heterocycles. The molecule has 5 nitrogen and oxygen atoms in total. The van der Waals surface area contributed by atoms with Crippen molar-refractivity contribution in [2.24, 2.45) is 0 Å². The van der Waals surface area contributed by atoms with Crippen LogP contribution >= 0.6 is 0 Å². The Kier molecular flexibility index (Phi) is 5.57. The van der Waals surface area contributed by atoms with E-state index in [2.05, 4.69) is 41.2 Å². The van der Waals surface area contributed by atoms with Crippen LogP contribution in [0.4, 0.5) is 0 Å². The van der Waals surface area contributed by atoms with E-state index in [9.17, 15) is 9.59 Å². The van der Waals surface area contributed by atoms with Gasteiger partial charge in [0.2, 0.25) is 0 Å². The summed E-state index contributed by atoms with van der Waals surface area (Å²) in [7, 11) is 2.00. The number of aromatic amines is 1. The molecule has 1 atom stereocenters. The van der Waals surface area contributed by atoms with Crippen molar-refractivity contribution < 1.29 is 4.79 Å². The van der Waals surface area contributed by atoms with Crippen molar-refractivity contribution in [2.75, 3.05) is 7.05 Å². The first-order chi connectivity index (χ1) is 12.5. The average molecular weight is 353 g/mol. The van der Waals surface area contributed by atoms with Crippen molar-refractivity contribution in [3.8, 4) is 0 Å². The van der Waals surface area contributed by atoms with E-state index in [-0.39, 0.29) is 23.1 Å². The van der Waals surface area contributed by atoms with Crippen LogP contribution in [0.25, 0.3) is 0 Å². The van der Waals surface area contributed by atoms with Crippen molar-refractivity contribution in [2.45, 2.75) is 51.7 Å². The largest absolute Gasteiger partial charge is 0.345 e. The Balaban J connectivity index is 1.74. The smallest absolute Gasteiger partial charge is 0.261 e. The molecule has 26 heavy (non-hydrogen) atoms. The lowest BCUT2D eigenvalue weighted by Gasteiger charge is -2.26. The molecule has 0 fully saturated rings. The topological polar surface area (TPSA) is 65.2 Å². The predicted octanol–water partition coefficient (Wildman–Crippen LogP) is 3.02. The zero-order chi connectivity index (χ0) is 18.7. The summed E-state index contributed by atoms with van der Waals surface area (Å²) in [5, 5.41) is 3.04. The molecule has 1 aromatic heterocycles.